The van der Waals surface area contributed by atoms with Gasteiger partial charge in [0, 0.05) is 37.3 Å². The summed E-state index contributed by atoms with van der Waals surface area (Å²) in [4.78, 5) is 14.1. The molecule has 3 N–H and O–H groups in total. The van der Waals surface area contributed by atoms with Gasteiger partial charge in [0.05, 0.1) is 20.4 Å². The quantitative estimate of drug-likeness (QED) is 0.806. The minimum atomic E-state index is -0.412. The first-order valence-electron chi connectivity index (χ1n) is 7.66. The van der Waals surface area contributed by atoms with Gasteiger partial charge in [0.2, 0.25) is 5.91 Å². The number of carbonyl (C=O) groups excluding carboxylic acids is 1. The maximum Gasteiger partial charge on any atom is 0.224 e. The van der Waals surface area contributed by atoms with Gasteiger partial charge in [-0.2, -0.15) is 5.10 Å². The average Bonchev–Trinajstić information content (AvgIpc) is 2.98. The molecule has 0 saturated heterocycles. The van der Waals surface area contributed by atoms with Crippen molar-refractivity contribution in [2.45, 2.75) is 25.9 Å². The van der Waals surface area contributed by atoms with Crippen LogP contribution in [-0.2, 0) is 11.3 Å². The van der Waals surface area contributed by atoms with Crippen LogP contribution in [-0.4, -0.2) is 42.3 Å². The topological polar surface area (TPSA) is 93.5 Å². The van der Waals surface area contributed by atoms with Crippen LogP contribution in [0.15, 0.2) is 24.4 Å². The van der Waals surface area contributed by atoms with Crippen LogP contribution in [0.4, 0.5) is 0 Å². The highest BCUT2D eigenvalue weighted by molar-refractivity contribution is 5.76. The van der Waals surface area contributed by atoms with Gasteiger partial charge in [-0.3, -0.25) is 9.89 Å². The molecular formula is C17H24N4O3. The Labute approximate surface area is 141 Å². The third kappa shape index (κ3) is 4.05. The van der Waals surface area contributed by atoms with Gasteiger partial charge in [-0.1, -0.05) is 6.07 Å². The van der Waals surface area contributed by atoms with Crippen LogP contribution < -0.4 is 15.2 Å². The summed E-state index contributed by atoms with van der Waals surface area (Å²) in [6, 6.07) is 5.03. The van der Waals surface area contributed by atoms with Crippen molar-refractivity contribution in [3.05, 3.63) is 41.2 Å². The number of aromatic amines is 1. The van der Waals surface area contributed by atoms with Crippen molar-refractivity contribution in [2.24, 2.45) is 5.73 Å². The van der Waals surface area contributed by atoms with E-state index >= 15 is 0 Å². The number of methoxy groups -OCH3 is 2. The molecule has 1 atom stereocenters. The fraction of sp³-hybridized carbons (Fsp3) is 0.412. The van der Waals surface area contributed by atoms with Crippen LogP contribution in [0.1, 0.15) is 29.3 Å². The Morgan fingerprint density at radius 2 is 2.04 bits per heavy atom. The molecule has 0 aliphatic rings. The third-order valence-electron chi connectivity index (χ3n) is 4.00. The summed E-state index contributed by atoms with van der Waals surface area (Å²) in [6.07, 6.45) is 1.94. The molecule has 0 aliphatic carbocycles. The Balaban J connectivity index is 2.01. The molecule has 7 heteroatoms. The number of hydrogen-bond donors (Lipinski definition) is 2. The van der Waals surface area contributed by atoms with Gasteiger partial charge >= 0.3 is 0 Å². The van der Waals surface area contributed by atoms with Crippen molar-refractivity contribution >= 4 is 5.91 Å². The van der Waals surface area contributed by atoms with Gasteiger partial charge in [0.1, 0.15) is 0 Å². The molecule has 2 rings (SSSR count). The van der Waals surface area contributed by atoms with E-state index in [0.717, 1.165) is 16.8 Å². The normalized spacial score (nSPS) is 11.9. The van der Waals surface area contributed by atoms with E-state index in [9.17, 15) is 4.79 Å². The summed E-state index contributed by atoms with van der Waals surface area (Å²) in [5.74, 6) is 1.20. The zero-order valence-corrected chi connectivity index (χ0v) is 14.5. The van der Waals surface area contributed by atoms with E-state index in [1.54, 1.807) is 44.5 Å². The monoisotopic (exact) mass is 332 g/mol. The second-order valence-corrected chi connectivity index (χ2v) is 5.70. The third-order valence-corrected chi connectivity index (χ3v) is 4.00. The first-order chi connectivity index (χ1) is 11.5. The molecule has 2 aromatic rings. The number of nitrogens with zero attached hydrogens (tertiary/aromatic N) is 2. The predicted molar refractivity (Wildman–Crippen MR) is 90.9 cm³/mol. The highest BCUT2D eigenvalue weighted by Crippen LogP contribution is 2.30. The van der Waals surface area contributed by atoms with Gasteiger partial charge in [-0.15, -0.1) is 0 Å². The molecule has 24 heavy (non-hydrogen) atoms. The van der Waals surface area contributed by atoms with E-state index in [4.69, 9.17) is 15.2 Å². The summed E-state index contributed by atoms with van der Waals surface area (Å²) in [5, 5.41) is 6.83. The molecule has 1 amide bonds. The van der Waals surface area contributed by atoms with Crippen molar-refractivity contribution in [1.82, 2.24) is 15.1 Å². The second-order valence-electron chi connectivity index (χ2n) is 5.70. The molecule has 1 heterocycles. The lowest BCUT2D eigenvalue weighted by atomic mass is 10.0. The lowest BCUT2D eigenvalue weighted by molar-refractivity contribution is -0.130. The Morgan fingerprint density at radius 3 is 2.62 bits per heavy atom. The number of aromatic nitrogens is 2. The zero-order chi connectivity index (χ0) is 17.7. The maximum absolute atomic E-state index is 12.4. The van der Waals surface area contributed by atoms with Gasteiger partial charge in [-0.25, -0.2) is 0 Å². The predicted octanol–water partition coefficient (Wildman–Crippen LogP) is 1.78. The smallest absolute Gasteiger partial charge is 0.224 e. The summed E-state index contributed by atoms with van der Waals surface area (Å²) in [5.41, 5.74) is 8.97. The van der Waals surface area contributed by atoms with E-state index < -0.39 is 6.04 Å². The molecule has 0 radical (unpaired) electrons. The molecule has 0 fully saturated rings. The van der Waals surface area contributed by atoms with Crippen molar-refractivity contribution in [3.63, 3.8) is 0 Å². The first-order valence-corrected chi connectivity index (χ1v) is 7.66. The van der Waals surface area contributed by atoms with E-state index in [1.165, 1.54) is 0 Å². The van der Waals surface area contributed by atoms with Crippen molar-refractivity contribution < 1.29 is 14.3 Å². The molecule has 7 nitrogen and oxygen atoms in total. The van der Waals surface area contributed by atoms with E-state index in [2.05, 4.69) is 10.2 Å². The summed E-state index contributed by atoms with van der Waals surface area (Å²) in [7, 11) is 4.91. The molecular weight excluding hydrogens is 308 g/mol. The number of benzene rings is 1. The highest BCUT2D eigenvalue weighted by Gasteiger charge is 2.18. The van der Waals surface area contributed by atoms with Gasteiger partial charge < -0.3 is 20.1 Å². The Hall–Kier alpha value is -2.54. The fourth-order valence-corrected chi connectivity index (χ4v) is 2.42. The fourth-order valence-electron chi connectivity index (χ4n) is 2.42. The van der Waals surface area contributed by atoms with E-state index in [1.807, 2.05) is 13.0 Å². The van der Waals surface area contributed by atoms with Crippen molar-refractivity contribution in [3.8, 4) is 11.5 Å². The van der Waals surface area contributed by atoms with Crippen LogP contribution in [0.2, 0.25) is 0 Å². The number of nitrogens with one attached hydrogen (secondary N) is 1. The van der Waals surface area contributed by atoms with Gasteiger partial charge in [0.25, 0.3) is 0 Å². The standard InChI is InChI=1S/C17H24N4O3/c1-11-13(9-19-20-11)10-21(2)17(22)8-14(18)12-5-6-15(23-3)16(7-12)24-4/h5-7,9,14H,8,10,18H2,1-4H3,(H,19,20)/t14-/m1/s1. The molecule has 130 valence electrons. The van der Waals surface area contributed by atoms with E-state index in [-0.39, 0.29) is 12.3 Å². The maximum atomic E-state index is 12.4. The van der Waals surface area contributed by atoms with Gasteiger partial charge in [-0.05, 0) is 24.6 Å². The number of rotatable bonds is 7. The Kier molecular flexibility index (Phi) is 5.81. The summed E-state index contributed by atoms with van der Waals surface area (Å²) >= 11 is 0. The average molecular weight is 332 g/mol. The van der Waals surface area contributed by atoms with Crippen LogP contribution in [0.3, 0.4) is 0 Å². The molecule has 1 aromatic heterocycles. The molecule has 0 unspecified atom stereocenters. The van der Waals surface area contributed by atoms with Crippen LogP contribution in [0, 0.1) is 6.92 Å². The SMILES string of the molecule is COc1ccc([C@H](N)CC(=O)N(C)Cc2cn[nH]c2C)cc1OC. The second kappa shape index (κ2) is 7.83. The molecule has 0 bridgehead atoms. The number of aryl methyl sites for hydroxylation is 1. The van der Waals surface area contributed by atoms with Crippen LogP contribution in [0.25, 0.3) is 0 Å². The zero-order valence-electron chi connectivity index (χ0n) is 14.5. The molecule has 0 aliphatic heterocycles. The molecule has 0 spiro atoms. The Morgan fingerprint density at radius 1 is 1.33 bits per heavy atom. The number of amides is 1. The molecule has 0 saturated carbocycles. The number of hydrogen-bond acceptors (Lipinski definition) is 5. The highest BCUT2D eigenvalue weighted by atomic mass is 16.5. The first kappa shape index (κ1) is 17.8. The van der Waals surface area contributed by atoms with Crippen LogP contribution >= 0.6 is 0 Å². The molecule has 1 aromatic carbocycles. The number of ether oxygens (including phenoxy) is 2. The minimum Gasteiger partial charge on any atom is -0.493 e. The summed E-state index contributed by atoms with van der Waals surface area (Å²) in [6.45, 7) is 2.43. The van der Waals surface area contributed by atoms with E-state index in [0.29, 0.717) is 18.0 Å². The largest absolute Gasteiger partial charge is 0.493 e. The minimum absolute atomic E-state index is 0.0297. The van der Waals surface area contributed by atoms with Gasteiger partial charge in [0.15, 0.2) is 11.5 Å². The number of carbonyl (C=O) groups is 1. The lowest BCUT2D eigenvalue weighted by Gasteiger charge is -2.20. The number of H-pyrrole nitrogens is 1. The summed E-state index contributed by atoms with van der Waals surface area (Å²) < 4.78 is 10.5. The number of nitrogens with two attached hydrogens (primary N) is 1. The Bertz CT molecular complexity index is 699. The lowest BCUT2D eigenvalue weighted by Crippen LogP contribution is -2.29. The van der Waals surface area contributed by atoms with Crippen LogP contribution in [0.5, 0.6) is 11.5 Å². The van der Waals surface area contributed by atoms with Crippen molar-refractivity contribution in [1.29, 1.82) is 0 Å². The van der Waals surface area contributed by atoms with Crippen molar-refractivity contribution in [2.75, 3.05) is 21.3 Å².